The number of thiophene rings is 1. The number of aromatic carboxylic acids is 1. The van der Waals surface area contributed by atoms with Crippen LogP contribution >= 0.6 is 11.3 Å². The first-order chi connectivity index (χ1) is 16.4. The van der Waals surface area contributed by atoms with Crippen molar-refractivity contribution in [3.8, 4) is 11.8 Å². The summed E-state index contributed by atoms with van der Waals surface area (Å²) in [5, 5.41) is 10.00. The van der Waals surface area contributed by atoms with Crippen LogP contribution in [0.15, 0.2) is 6.07 Å². The van der Waals surface area contributed by atoms with Crippen LogP contribution < -0.4 is 4.90 Å². The molecule has 0 radical (unpaired) electrons. The maximum Gasteiger partial charge on any atom is 0.348 e. The van der Waals surface area contributed by atoms with Crippen LogP contribution in [0.2, 0.25) is 0 Å². The first-order valence-corrected chi connectivity index (χ1v) is 13.3. The number of anilines is 1. The number of carboxylic acid groups (broad SMARTS) is 1. The van der Waals surface area contributed by atoms with Crippen molar-refractivity contribution in [1.82, 2.24) is 4.90 Å². The Morgan fingerprint density at radius 3 is 2.43 bits per heavy atom. The van der Waals surface area contributed by atoms with Crippen LogP contribution in [0.4, 0.5) is 5.69 Å². The van der Waals surface area contributed by atoms with E-state index in [2.05, 4.69) is 18.8 Å². The van der Waals surface area contributed by atoms with Crippen LogP contribution in [0.25, 0.3) is 0 Å². The lowest BCUT2D eigenvalue weighted by atomic mass is 9.82. The van der Waals surface area contributed by atoms with E-state index < -0.39 is 12.0 Å². The van der Waals surface area contributed by atoms with Gasteiger partial charge in [-0.2, -0.15) is 0 Å². The van der Waals surface area contributed by atoms with Gasteiger partial charge in [0.1, 0.15) is 10.9 Å². The molecule has 1 aromatic heterocycles. The largest absolute Gasteiger partial charge is 0.477 e. The number of nitrogens with zero attached hydrogens (tertiary/aromatic N) is 2. The average Bonchev–Trinajstić information content (AvgIpc) is 3.21. The summed E-state index contributed by atoms with van der Waals surface area (Å²) >= 11 is 1.05. The van der Waals surface area contributed by atoms with Crippen molar-refractivity contribution >= 4 is 34.8 Å². The highest BCUT2D eigenvalue weighted by atomic mass is 32.1. The summed E-state index contributed by atoms with van der Waals surface area (Å²) in [7, 11) is 0. The van der Waals surface area contributed by atoms with E-state index in [0.717, 1.165) is 37.0 Å². The van der Waals surface area contributed by atoms with Gasteiger partial charge in [-0.05, 0) is 72.3 Å². The molecule has 2 amide bonds. The third kappa shape index (κ3) is 6.86. The zero-order valence-corrected chi connectivity index (χ0v) is 22.5. The predicted molar refractivity (Wildman–Crippen MR) is 138 cm³/mol. The quantitative estimate of drug-likeness (QED) is 0.593. The molecule has 2 heterocycles. The van der Waals surface area contributed by atoms with Crippen molar-refractivity contribution < 1.29 is 24.2 Å². The maximum atomic E-state index is 13.9. The fourth-order valence-corrected chi connectivity index (χ4v) is 5.48. The number of hydrogen-bond donors (Lipinski definition) is 1. The van der Waals surface area contributed by atoms with Gasteiger partial charge in [0.05, 0.1) is 23.3 Å². The number of carboxylic acids is 1. The number of carbonyl (C=O) groups excluding carboxylic acids is 2. The zero-order valence-electron chi connectivity index (χ0n) is 21.7. The molecule has 0 bridgehead atoms. The molecule has 192 valence electrons. The van der Waals surface area contributed by atoms with Crippen LogP contribution in [0.1, 0.15) is 81.8 Å². The number of hydrogen-bond acceptors (Lipinski definition) is 5. The van der Waals surface area contributed by atoms with Gasteiger partial charge < -0.3 is 14.7 Å². The van der Waals surface area contributed by atoms with Crippen LogP contribution in [-0.2, 0) is 14.3 Å². The van der Waals surface area contributed by atoms with Gasteiger partial charge in [0, 0.05) is 24.4 Å². The minimum atomic E-state index is -1.12. The van der Waals surface area contributed by atoms with E-state index in [-0.39, 0.29) is 39.8 Å². The Hall–Kier alpha value is -2.37. The second-order valence-corrected chi connectivity index (χ2v) is 12.0. The highest BCUT2D eigenvalue weighted by Gasteiger charge is 2.38. The van der Waals surface area contributed by atoms with Crippen LogP contribution in [0.5, 0.6) is 0 Å². The van der Waals surface area contributed by atoms with Crippen LogP contribution in [0.3, 0.4) is 0 Å². The summed E-state index contributed by atoms with van der Waals surface area (Å²) in [6.45, 7) is 13.1. The molecule has 0 spiro atoms. The van der Waals surface area contributed by atoms with Crippen LogP contribution in [-0.4, -0.2) is 59.6 Å². The molecule has 3 rings (SSSR count). The minimum Gasteiger partial charge on any atom is -0.477 e. The number of rotatable bonds is 5. The van der Waals surface area contributed by atoms with Crippen molar-refractivity contribution in [2.45, 2.75) is 79.4 Å². The molecular formula is C27H38N2O5S. The van der Waals surface area contributed by atoms with E-state index in [4.69, 9.17) is 4.74 Å². The number of carbonyl (C=O) groups is 3. The number of amides is 2. The number of ether oxygens (including phenoxy) is 1. The van der Waals surface area contributed by atoms with Gasteiger partial charge in [-0.3, -0.25) is 14.5 Å². The molecule has 7 nitrogen and oxygen atoms in total. The summed E-state index contributed by atoms with van der Waals surface area (Å²) in [4.78, 5) is 43.5. The van der Waals surface area contributed by atoms with Gasteiger partial charge in [0.2, 0.25) is 11.8 Å². The molecule has 1 N–H and O–H groups in total. The SMILES string of the molecule is CC1CCC(C(=O)N(c2cc(C#CC(C)(C)C)sc2C(=O)O)[C@@H](C)C(=O)N2CCOC(C)C2)CC1. The average molecular weight is 503 g/mol. The molecular weight excluding hydrogens is 464 g/mol. The Labute approximate surface area is 212 Å². The van der Waals surface area contributed by atoms with E-state index in [9.17, 15) is 19.5 Å². The number of morpholine rings is 1. The molecule has 2 atom stereocenters. The van der Waals surface area contributed by atoms with E-state index in [0.29, 0.717) is 30.5 Å². The lowest BCUT2D eigenvalue weighted by Gasteiger charge is -2.38. The third-order valence-electron chi connectivity index (χ3n) is 6.63. The maximum absolute atomic E-state index is 13.9. The zero-order chi connectivity index (χ0) is 25.9. The Bertz CT molecular complexity index is 1010. The van der Waals surface area contributed by atoms with Gasteiger partial charge in [-0.15, -0.1) is 11.3 Å². The summed E-state index contributed by atoms with van der Waals surface area (Å²) in [6, 6.07) is 0.838. The molecule has 1 saturated heterocycles. The lowest BCUT2D eigenvalue weighted by Crippen LogP contribution is -2.55. The van der Waals surface area contributed by atoms with Gasteiger partial charge in [0.25, 0.3) is 0 Å². The minimum absolute atomic E-state index is 0.0377. The molecule has 1 saturated carbocycles. The highest BCUT2D eigenvalue weighted by Crippen LogP contribution is 2.36. The van der Waals surface area contributed by atoms with Gasteiger partial charge >= 0.3 is 5.97 Å². The molecule has 2 fully saturated rings. The Morgan fingerprint density at radius 2 is 1.86 bits per heavy atom. The first-order valence-electron chi connectivity index (χ1n) is 12.5. The van der Waals surface area contributed by atoms with E-state index in [1.165, 1.54) is 4.90 Å². The molecule has 1 aromatic rings. The predicted octanol–water partition coefficient (Wildman–Crippen LogP) is 4.64. The Morgan fingerprint density at radius 1 is 1.20 bits per heavy atom. The van der Waals surface area contributed by atoms with E-state index in [1.54, 1.807) is 17.9 Å². The molecule has 8 heteroatoms. The Balaban J connectivity index is 2.02. The fourth-order valence-electron chi connectivity index (χ4n) is 4.64. The molecule has 0 aromatic carbocycles. The monoisotopic (exact) mass is 502 g/mol. The smallest absolute Gasteiger partial charge is 0.348 e. The first kappa shape index (κ1) is 27.2. The molecule has 1 aliphatic carbocycles. The second kappa shape index (κ2) is 11.1. The lowest BCUT2D eigenvalue weighted by molar-refractivity contribution is -0.141. The van der Waals surface area contributed by atoms with Crippen molar-refractivity contribution in [2.75, 3.05) is 24.6 Å². The summed E-state index contributed by atoms with van der Waals surface area (Å²) in [5.74, 6) is 5.06. The van der Waals surface area contributed by atoms with Crippen molar-refractivity contribution in [3.63, 3.8) is 0 Å². The molecule has 1 unspecified atom stereocenters. The highest BCUT2D eigenvalue weighted by molar-refractivity contribution is 7.15. The van der Waals surface area contributed by atoms with Gasteiger partial charge in [-0.25, -0.2) is 4.79 Å². The summed E-state index contributed by atoms with van der Waals surface area (Å²) < 4.78 is 5.58. The fraction of sp³-hybridized carbons (Fsp3) is 0.667. The summed E-state index contributed by atoms with van der Waals surface area (Å²) in [5.41, 5.74) is 0.0180. The third-order valence-corrected chi connectivity index (χ3v) is 7.65. The summed E-state index contributed by atoms with van der Waals surface area (Å²) in [6.07, 6.45) is 3.31. The standard InChI is InChI=1S/C27H38N2O5S/c1-17-7-9-20(10-8-17)25(31)29(19(3)24(30)28-13-14-34-18(2)16-28)22-15-21(11-12-27(4,5)6)35-23(22)26(32)33/h15,17-20H,7-10,13-14,16H2,1-6H3,(H,32,33)/t17?,18?,19-,20?/m0/s1. The van der Waals surface area contributed by atoms with Crippen molar-refractivity contribution in [3.05, 3.63) is 15.8 Å². The van der Waals surface area contributed by atoms with Gasteiger partial charge in [-0.1, -0.05) is 18.8 Å². The molecule has 1 aliphatic heterocycles. The normalized spacial score (nSPS) is 23.7. The van der Waals surface area contributed by atoms with E-state index in [1.807, 2.05) is 27.7 Å². The van der Waals surface area contributed by atoms with E-state index >= 15 is 0 Å². The van der Waals surface area contributed by atoms with Crippen molar-refractivity contribution in [2.24, 2.45) is 17.3 Å². The topological polar surface area (TPSA) is 87.2 Å². The molecule has 2 aliphatic rings. The van der Waals surface area contributed by atoms with Crippen molar-refractivity contribution in [1.29, 1.82) is 0 Å². The Kier molecular flexibility index (Phi) is 8.66. The second-order valence-electron chi connectivity index (χ2n) is 10.9. The van der Waals surface area contributed by atoms with Crippen LogP contribution in [0, 0.1) is 29.1 Å². The molecule has 35 heavy (non-hydrogen) atoms. The van der Waals surface area contributed by atoms with Gasteiger partial charge in [0.15, 0.2) is 0 Å².